The molecule has 0 amide bonds. The number of aromatic carboxylic acids is 1. The van der Waals surface area contributed by atoms with Crippen molar-refractivity contribution in [2.45, 2.75) is 32.1 Å². The zero-order chi connectivity index (χ0) is 21.5. The van der Waals surface area contributed by atoms with E-state index in [4.69, 9.17) is 22.1 Å². The van der Waals surface area contributed by atoms with Crippen molar-refractivity contribution in [3.8, 4) is 5.75 Å². The normalized spacial score (nSPS) is 16.3. The zero-order valence-corrected chi connectivity index (χ0v) is 18.0. The molecule has 1 atom stereocenters. The molecule has 0 spiro atoms. The SMILES string of the molecule is COc1ccc(N)nc1NCCCCC1CCCN(c2cc(Cl)ccc2C(=O)O)C1. The molecule has 30 heavy (non-hydrogen) atoms. The third-order valence-electron chi connectivity index (χ3n) is 5.48. The van der Waals surface area contributed by atoms with Crippen LogP contribution in [0.4, 0.5) is 17.3 Å². The number of pyridine rings is 1. The van der Waals surface area contributed by atoms with Gasteiger partial charge < -0.3 is 25.8 Å². The molecule has 3 rings (SSSR count). The van der Waals surface area contributed by atoms with E-state index in [2.05, 4.69) is 15.2 Å². The molecule has 0 aliphatic carbocycles. The molecule has 7 nitrogen and oxygen atoms in total. The van der Waals surface area contributed by atoms with Crippen molar-refractivity contribution in [1.29, 1.82) is 0 Å². The van der Waals surface area contributed by atoms with Crippen LogP contribution in [-0.2, 0) is 0 Å². The van der Waals surface area contributed by atoms with Crippen LogP contribution in [0.15, 0.2) is 30.3 Å². The number of aromatic nitrogens is 1. The highest BCUT2D eigenvalue weighted by Gasteiger charge is 2.23. The first-order valence-electron chi connectivity index (χ1n) is 10.3. The molecular weight excluding hydrogens is 404 g/mol. The average molecular weight is 433 g/mol. The van der Waals surface area contributed by atoms with Crippen molar-refractivity contribution in [2.75, 3.05) is 42.7 Å². The Morgan fingerprint density at radius 1 is 1.37 bits per heavy atom. The van der Waals surface area contributed by atoms with Gasteiger partial charge in [-0.05, 0) is 61.9 Å². The fourth-order valence-corrected chi connectivity index (χ4v) is 4.15. The Bertz CT molecular complexity index is 877. The van der Waals surface area contributed by atoms with Crippen LogP contribution in [0.2, 0.25) is 5.02 Å². The van der Waals surface area contributed by atoms with Crippen molar-refractivity contribution in [1.82, 2.24) is 4.98 Å². The summed E-state index contributed by atoms with van der Waals surface area (Å²) in [7, 11) is 1.61. The molecule has 1 fully saturated rings. The number of nitrogen functional groups attached to an aromatic ring is 1. The highest BCUT2D eigenvalue weighted by molar-refractivity contribution is 6.31. The highest BCUT2D eigenvalue weighted by Crippen LogP contribution is 2.31. The number of nitrogens with zero attached hydrogens (tertiary/aromatic N) is 2. The molecule has 0 radical (unpaired) electrons. The second-order valence-electron chi connectivity index (χ2n) is 7.63. The molecule has 1 aromatic carbocycles. The largest absolute Gasteiger partial charge is 0.493 e. The number of methoxy groups -OCH3 is 1. The predicted octanol–water partition coefficient (Wildman–Crippen LogP) is 4.52. The first-order valence-corrected chi connectivity index (χ1v) is 10.7. The minimum absolute atomic E-state index is 0.313. The Morgan fingerprint density at radius 2 is 2.20 bits per heavy atom. The van der Waals surface area contributed by atoms with Crippen LogP contribution in [0.5, 0.6) is 5.75 Å². The summed E-state index contributed by atoms with van der Waals surface area (Å²) in [4.78, 5) is 18.0. The lowest BCUT2D eigenvalue weighted by Gasteiger charge is -2.35. The number of carboxylic acids is 1. The molecule has 8 heteroatoms. The molecule has 2 aromatic rings. The number of carboxylic acid groups (broad SMARTS) is 1. The van der Waals surface area contributed by atoms with Gasteiger partial charge in [-0.2, -0.15) is 0 Å². The number of carbonyl (C=O) groups is 1. The minimum Gasteiger partial charge on any atom is -0.493 e. The van der Waals surface area contributed by atoms with Gasteiger partial charge in [0, 0.05) is 24.7 Å². The molecule has 1 aliphatic heterocycles. The van der Waals surface area contributed by atoms with E-state index in [0.29, 0.717) is 33.9 Å². The highest BCUT2D eigenvalue weighted by atomic mass is 35.5. The maximum absolute atomic E-state index is 11.6. The Hall–Kier alpha value is -2.67. The van der Waals surface area contributed by atoms with E-state index in [9.17, 15) is 9.90 Å². The number of nitrogens with two attached hydrogens (primary N) is 1. The van der Waals surface area contributed by atoms with Gasteiger partial charge in [-0.15, -0.1) is 0 Å². The second kappa shape index (κ2) is 10.4. The number of nitrogens with one attached hydrogen (secondary N) is 1. The summed E-state index contributed by atoms with van der Waals surface area (Å²) in [5.74, 6) is 1.44. The second-order valence-corrected chi connectivity index (χ2v) is 8.07. The van der Waals surface area contributed by atoms with Gasteiger partial charge in [0.2, 0.25) is 0 Å². The van der Waals surface area contributed by atoms with Crippen molar-refractivity contribution in [2.24, 2.45) is 5.92 Å². The molecule has 1 saturated heterocycles. The molecule has 2 heterocycles. The number of halogens is 1. The van der Waals surface area contributed by atoms with Crippen molar-refractivity contribution in [3.63, 3.8) is 0 Å². The quantitative estimate of drug-likeness (QED) is 0.500. The van der Waals surface area contributed by atoms with Crippen LogP contribution < -0.4 is 20.7 Å². The van der Waals surface area contributed by atoms with Crippen LogP contribution in [0.3, 0.4) is 0 Å². The van der Waals surface area contributed by atoms with Crippen LogP contribution in [-0.4, -0.2) is 42.8 Å². The van der Waals surface area contributed by atoms with Crippen molar-refractivity contribution >= 4 is 34.9 Å². The minimum atomic E-state index is -0.916. The third kappa shape index (κ3) is 5.69. The van der Waals surface area contributed by atoms with E-state index in [1.165, 1.54) is 0 Å². The fourth-order valence-electron chi connectivity index (χ4n) is 3.98. The number of rotatable bonds is 9. The van der Waals surface area contributed by atoms with E-state index < -0.39 is 5.97 Å². The average Bonchev–Trinajstić information content (AvgIpc) is 2.73. The molecule has 0 bridgehead atoms. The van der Waals surface area contributed by atoms with E-state index >= 15 is 0 Å². The van der Waals surface area contributed by atoms with E-state index in [1.807, 2.05) is 6.07 Å². The smallest absolute Gasteiger partial charge is 0.337 e. The van der Waals surface area contributed by atoms with E-state index in [0.717, 1.165) is 57.4 Å². The van der Waals surface area contributed by atoms with Crippen LogP contribution in [0.1, 0.15) is 42.5 Å². The number of unbranched alkanes of at least 4 members (excludes halogenated alkanes) is 1. The van der Waals surface area contributed by atoms with Crippen LogP contribution in [0.25, 0.3) is 0 Å². The Morgan fingerprint density at radius 3 is 2.97 bits per heavy atom. The molecule has 1 aromatic heterocycles. The summed E-state index contributed by atoms with van der Waals surface area (Å²) < 4.78 is 5.30. The summed E-state index contributed by atoms with van der Waals surface area (Å²) in [5.41, 5.74) is 6.79. The fraction of sp³-hybridized carbons (Fsp3) is 0.455. The van der Waals surface area contributed by atoms with E-state index in [-0.39, 0.29) is 0 Å². The number of anilines is 3. The standard InChI is InChI=1S/C22H29ClN4O3/c1-30-19-9-10-20(24)26-21(19)25-11-3-2-5-15-6-4-12-27(14-15)18-13-16(23)7-8-17(18)22(28)29/h7-10,13,15H,2-6,11-12,14H2,1H3,(H,28,29)(H3,24,25,26). The van der Waals surface area contributed by atoms with Gasteiger partial charge in [0.25, 0.3) is 0 Å². The van der Waals surface area contributed by atoms with Gasteiger partial charge >= 0.3 is 5.97 Å². The molecule has 162 valence electrons. The first kappa shape index (κ1) is 22.0. The third-order valence-corrected chi connectivity index (χ3v) is 5.72. The van der Waals surface area contributed by atoms with Gasteiger partial charge in [0.05, 0.1) is 18.4 Å². The molecule has 0 saturated carbocycles. The number of hydrogen-bond donors (Lipinski definition) is 3. The Labute approximate surface area is 182 Å². The zero-order valence-electron chi connectivity index (χ0n) is 17.2. The lowest BCUT2D eigenvalue weighted by molar-refractivity contribution is 0.0697. The summed E-state index contributed by atoms with van der Waals surface area (Å²) in [6.07, 6.45) is 5.41. The summed E-state index contributed by atoms with van der Waals surface area (Å²) in [5, 5.41) is 13.4. The lowest BCUT2D eigenvalue weighted by Crippen LogP contribution is -2.36. The van der Waals surface area contributed by atoms with E-state index in [1.54, 1.807) is 31.4 Å². The maximum atomic E-state index is 11.6. The monoisotopic (exact) mass is 432 g/mol. The van der Waals surface area contributed by atoms with Gasteiger partial charge in [-0.25, -0.2) is 9.78 Å². The topological polar surface area (TPSA) is 101 Å². The van der Waals surface area contributed by atoms with Crippen molar-refractivity contribution < 1.29 is 14.6 Å². The number of benzene rings is 1. The summed E-state index contributed by atoms with van der Waals surface area (Å²) in [6.45, 7) is 2.51. The summed E-state index contributed by atoms with van der Waals surface area (Å²) in [6, 6.07) is 8.52. The predicted molar refractivity (Wildman–Crippen MR) is 121 cm³/mol. The number of piperidine rings is 1. The van der Waals surface area contributed by atoms with Gasteiger partial charge in [0.15, 0.2) is 11.6 Å². The molecule has 1 aliphatic rings. The van der Waals surface area contributed by atoms with Gasteiger partial charge in [-0.3, -0.25) is 0 Å². The summed E-state index contributed by atoms with van der Waals surface area (Å²) >= 11 is 6.13. The molecular formula is C22H29ClN4O3. The Kier molecular flexibility index (Phi) is 7.63. The number of ether oxygens (including phenoxy) is 1. The lowest BCUT2D eigenvalue weighted by atomic mass is 9.92. The first-order chi connectivity index (χ1) is 14.5. The van der Waals surface area contributed by atoms with Crippen LogP contribution >= 0.6 is 11.6 Å². The van der Waals surface area contributed by atoms with Gasteiger partial charge in [0.1, 0.15) is 5.82 Å². The van der Waals surface area contributed by atoms with Crippen LogP contribution in [0, 0.1) is 5.92 Å². The Balaban J connectivity index is 1.49. The molecule has 1 unspecified atom stereocenters. The maximum Gasteiger partial charge on any atom is 0.337 e. The number of hydrogen-bond acceptors (Lipinski definition) is 6. The van der Waals surface area contributed by atoms with Gasteiger partial charge in [-0.1, -0.05) is 18.0 Å². The van der Waals surface area contributed by atoms with Crippen molar-refractivity contribution in [3.05, 3.63) is 40.9 Å². The molecule has 4 N–H and O–H groups in total.